The van der Waals surface area contributed by atoms with Crippen LogP contribution in [0.5, 0.6) is 0 Å². The average molecular weight is 544 g/mol. The SMILES string of the molecule is Cn1cc(C(=O)N2C[C@H](O)CC2C(=O)NC2CCc3ccccc3N(CC3CCCCN3)C2=O)c2ccccc21. The summed E-state index contributed by atoms with van der Waals surface area (Å²) in [5.41, 5.74) is 3.41. The van der Waals surface area contributed by atoms with Crippen LogP contribution in [0.3, 0.4) is 0 Å². The van der Waals surface area contributed by atoms with Gasteiger partial charge in [-0.05, 0) is 49.9 Å². The summed E-state index contributed by atoms with van der Waals surface area (Å²) in [4.78, 5) is 44.6. The number of β-amino-alcohol motifs (C(OH)–C–C–N with tert-alkyl or cyclic N) is 1. The Kier molecular flexibility index (Phi) is 7.33. The van der Waals surface area contributed by atoms with Crippen LogP contribution in [-0.4, -0.2) is 76.2 Å². The molecule has 3 aliphatic rings. The number of benzene rings is 2. The van der Waals surface area contributed by atoms with Gasteiger partial charge >= 0.3 is 0 Å². The second kappa shape index (κ2) is 11.1. The molecule has 3 N–H and O–H groups in total. The van der Waals surface area contributed by atoms with Gasteiger partial charge < -0.3 is 30.1 Å². The number of rotatable bonds is 5. The molecule has 3 aromatic rings. The van der Waals surface area contributed by atoms with Crippen molar-refractivity contribution < 1.29 is 19.5 Å². The maximum atomic E-state index is 13.9. The molecule has 4 heterocycles. The number of likely N-dealkylation sites (tertiary alicyclic amines) is 1. The fraction of sp³-hybridized carbons (Fsp3) is 0.452. The number of anilines is 1. The molecule has 3 unspecified atom stereocenters. The van der Waals surface area contributed by atoms with Crippen LogP contribution in [0.2, 0.25) is 0 Å². The van der Waals surface area contributed by atoms with Crippen molar-refractivity contribution in [3.8, 4) is 0 Å². The average Bonchev–Trinajstić information content (AvgIpc) is 3.50. The van der Waals surface area contributed by atoms with Gasteiger partial charge in [0.05, 0.1) is 11.7 Å². The van der Waals surface area contributed by atoms with E-state index in [1.54, 1.807) is 6.20 Å². The number of piperidine rings is 1. The van der Waals surface area contributed by atoms with Gasteiger partial charge in [0.25, 0.3) is 5.91 Å². The van der Waals surface area contributed by atoms with Gasteiger partial charge in [-0.25, -0.2) is 0 Å². The Morgan fingerprint density at radius 2 is 1.88 bits per heavy atom. The molecule has 2 fully saturated rings. The summed E-state index contributed by atoms with van der Waals surface area (Å²) < 4.78 is 1.89. The van der Waals surface area contributed by atoms with E-state index in [9.17, 15) is 19.5 Å². The van der Waals surface area contributed by atoms with E-state index < -0.39 is 24.1 Å². The van der Waals surface area contributed by atoms with Crippen LogP contribution in [0.25, 0.3) is 10.9 Å². The molecule has 9 heteroatoms. The van der Waals surface area contributed by atoms with Crippen molar-refractivity contribution in [2.75, 3.05) is 24.5 Å². The fourth-order valence-corrected chi connectivity index (χ4v) is 6.56. The summed E-state index contributed by atoms with van der Waals surface area (Å²) in [5.74, 6) is -0.820. The highest BCUT2D eigenvalue weighted by atomic mass is 16.3. The molecule has 210 valence electrons. The Labute approximate surface area is 234 Å². The number of carbonyl (C=O) groups is 3. The lowest BCUT2D eigenvalue weighted by atomic mass is 10.0. The molecule has 4 atom stereocenters. The third-order valence-electron chi connectivity index (χ3n) is 8.65. The Morgan fingerprint density at radius 1 is 1.07 bits per heavy atom. The highest BCUT2D eigenvalue weighted by Gasteiger charge is 2.42. The molecule has 3 amide bonds. The van der Waals surface area contributed by atoms with E-state index in [-0.39, 0.29) is 30.8 Å². The number of aliphatic hydroxyl groups excluding tert-OH is 1. The normalized spacial score (nSPS) is 25.1. The minimum atomic E-state index is -0.853. The topological polar surface area (TPSA) is 107 Å². The van der Waals surface area contributed by atoms with E-state index >= 15 is 0 Å². The number of nitrogens with one attached hydrogen (secondary N) is 2. The number of fused-ring (bicyclic) bond motifs is 2. The molecule has 40 heavy (non-hydrogen) atoms. The molecule has 0 bridgehead atoms. The first kappa shape index (κ1) is 26.5. The molecule has 0 radical (unpaired) electrons. The molecule has 1 aromatic heterocycles. The zero-order chi connectivity index (χ0) is 27.8. The molecule has 6 rings (SSSR count). The van der Waals surface area contributed by atoms with Gasteiger partial charge in [0, 0.05) is 55.4 Å². The quantitative estimate of drug-likeness (QED) is 0.458. The van der Waals surface area contributed by atoms with Crippen LogP contribution in [0.15, 0.2) is 54.7 Å². The maximum absolute atomic E-state index is 13.9. The molecule has 2 saturated heterocycles. The van der Waals surface area contributed by atoms with E-state index in [0.717, 1.165) is 48.0 Å². The van der Waals surface area contributed by atoms with E-state index in [4.69, 9.17) is 0 Å². The first-order valence-corrected chi connectivity index (χ1v) is 14.4. The van der Waals surface area contributed by atoms with Crippen molar-refractivity contribution >= 4 is 34.3 Å². The third kappa shape index (κ3) is 4.99. The molecular weight excluding hydrogens is 506 g/mol. The Morgan fingerprint density at radius 3 is 2.70 bits per heavy atom. The number of para-hydroxylation sites is 2. The van der Waals surface area contributed by atoms with E-state index in [2.05, 4.69) is 10.6 Å². The second-order valence-electron chi connectivity index (χ2n) is 11.4. The zero-order valence-electron chi connectivity index (χ0n) is 22.9. The lowest BCUT2D eigenvalue weighted by Gasteiger charge is -2.33. The predicted molar refractivity (Wildman–Crippen MR) is 153 cm³/mol. The van der Waals surface area contributed by atoms with Gasteiger partial charge in [0.1, 0.15) is 12.1 Å². The number of nitrogens with zero attached hydrogens (tertiary/aromatic N) is 3. The van der Waals surface area contributed by atoms with Crippen molar-refractivity contribution in [2.45, 2.75) is 62.8 Å². The van der Waals surface area contributed by atoms with Gasteiger partial charge in [0.2, 0.25) is 11.8 Å². The van der Waals surface area contributed by atoms with E-state index in [0.29, 0.717) is 24.9 Å². The summed E-state index contributed by atoms with van der Waals surface area (Å²) in [6.07, 6.45) is 5.52. The Bertz CT molecular complexity index is 1430. The summed E-state index contributed by atoms with van der Waals surface area (Å²) in [7, 11) is 1.88. The van der Waals surface area contributed by atoms with Crippen molar-refractivity contribution in [3.63, 3.8) is 0 Å². The number of aromatic nitrogens is 1. The first-order chi connectivity index (χ1) is 19.4. The van der Waals surface area contributed by atoms with Crippen molar-refractivity contribution in [1.82, 2.24) is 20.1 Å². The lowest BCUT2D eigenvalue weighted by molar-refractivity contribution is -0.130. The van der Waals surface area contributed by atoms with Gasteiger partial charge in [0.15, 0.2) is 0 Å². The number of carbonyl (C=O) groups excluding carboxylic acids is 3. The molecular formula is C31H37N5O4. The van der Waals surface area contributed by atoms with Gasteiger partial charge in [-0.15, -0.1) is 0 Å². The predicted octanol–water partition coefficient (Wildman–Crippen LogP) is 2.36. The Balaban J connectivity index is 1.22. The minimum absolute atomic E-state index is 0.0731. The maximum Gasteiger partial charge on any atom is 0.256 e. The van der Waals surface area contributed by atoms with Crippen molar-refractivity contribution in [1.29, 1.82) is 0 Å². The number of hydrogen-bond acceptors (Lipinski definition) is 5. The smallest absolute Gasteiger partial charge is 0.256 e. The van der Waals surface area contributed by atoms with E-state index in [1.165, 1.54) is 4.90 Å². The number of aryl methyl sites for hydroxylation is 2. The first-order valence-electron chi connectivity index (χ1n) is 14.4. The van der Waals surface area contributed by atoms with Gasteiger partial charge in [-0.3, -0.25) is 14.4 Å². The summed E-state index contributed by atoms with van der Waals surface area (Å²) in [5, 5.41) is 17.9. The largest absolute Gasteiger partial charge is 0.391 e. The summed E-state index contributed by atoms with van der Waals surface area (Å²) in [6, 6.07) is 14.2. The van der Waals surface area contributed by atoms with Crippen LogP contribution >= 0.6 is 0 Å². The Hall–Kier alpha value is -3.69. The van der Waals surface area contributed by atoms with Crippen LogP contribution < -0.4 is 15.5 Å². The molecule has 0 saturated carbocycles. The lowest BCUT2D eigenvalue weighted by Crippen LogP contribution is -2.55. The number of hydrogen-bond donors (Lipinski definition) is 3. The zero-order valence-corrected chi connectivity index (χ0v) is 22.9. The highest BCUT2D eigenvalue weighted by molar-refractivity contribution is 6.08. The highest BCUT2D eigenvalue weighted by Crippen LogP contribution is 2.30. The molecule has 3 aliphatic heterocycles. The second-order valence-corrected chi connectivity index (χ2v) is 11.4. The number of aliphatic hydroxyl groups is 1. The van der Waals surface area contributed by atoms with Gasteiger partial charge in [-0.2, -0.15) is 0 Å². The molecule has 2 aromatic carbocycles. The molecule has 0 spiro atoms. The van der Waals surface area contributed by atoms with Crippen LogP contribution in [0.1, 0.15) is 48.0 Å². The standard InChI is InChI=1S/C31H37N5O4/c1-34-19-24(23-10-3-5-12-27(23)34)30(39)36-18-22(37)16-28(36)29(38)33-25-14-13-20-8-2-4-11-26(20)35(31(25)40)17-21-9-6-7-15-32-21/h2-5,8,10-12,19,21-22,25,28,32,37H,6-7,9,13-18H2,1H3,(H,33,38)/t21?,22-,25?,28?/m1/s1. The summed E-state index contributed by atoms with van der Waals surface area (Å²) >= 11 is 0. The fourth-order valence-electron chi connectivity index (χ4n) is 6.56. The van der Waals surface area contributed by atoms with E-state index in [1.807, 2.05) is 65.0 Å². The van der Waals surface area contributed by atoms with Gasteiger partial charge in [-0.1, -0.05) is 42.8 Å². The van der Waals surface area contributed by atoms with Crippen LogP contribution in [0.4, 0.5) is 5.69 Å². The van der Waals surface area contributed by atoms with Crippen molar-refractivity contribution in [3.05, 3.63) is 65.9 Å². The summed E-state index contributed by atoms with van der Waals surface area (Å²) in [6.45, 7) is 1.57. The minimum Gasteiger partial charge on any atom is -0.391 e. The molecule has 0 aliphatic carbocycles. The van der Waals surface area contributed by atoms with Crippen molar-refractivity contribution in [2.24, 2.45) is 7.05 Å². The monoisotopic (exact) mass is 543 g/mol. The van der Waals surface area contributed by atoms with Crippen LogP contribution in [0, 0.1) is 0 Å². The van der Waals surface area contributed by atoms with Crippen LogP contribution in [-0.2, 0) is 23.1 Å². The number of amides is 3. The third-order valence-corrected chi connectivity index (χ3v) is 8.65. The molecule has 9 nitrogen and oxygen atoms in total.